The van der Waals surface area contributed by atoms with Crippen LogP contribution in [0.15, 0.2) is 28.7 Å². The molecule has 1 aromatic rings. The van der Waals surface area contributed by atoms with Crippen LogP contribution in [-0.4, -0.2) is 5.33 Å². The highest BCUT2D eigenvalue weighted by Crippen LogP contribution is 2.23. The summed E-state index contributed by atoms with van der Waals surface area (Å²) in [4.78, 5) is 0. The Morgan fingerprint density at radius 2 is 1.82 bits per heavy atom. The highest BCUT2D eigenvalue weighted by Gasteiger charge is 2.03. The van der Waals surface area contributed by atoms with Crippen molar-refractivity contribution in [1.82, 2.24) is 0 Å². The molecule has 3 heteroatoms. The number of rotatable bonds is 2. The van der Waals surface area contributed by atoms with Crippen molar-refractivity contribution in [3.05, 3.63) is 34.3 Å². The quantitative estimate of drug-likeness (QED) is 0.720. The molecule has 0 nitrogen and oxygen atoms in total. The molecule has 1 aromatic carbocycles. The summed E-state index contributed by atoms with van der Waals surface area (Å²) in [6.45, 7) is 0. The van der Waals surface area contributed by atoms with Crippen LogP contribution in [-0.2, 0) is 0 Å². The van der Waals surface area contributed by atoms with Crippen molar-refractivity contribution in [1.29, 1.82) is 0 Å². The minimum atomic E-state index is 0.0723. The van der Waals surface area contributed by atoms with Crippen molar-refractivity contribution in [2.24, 2.45) is 0 Å². The van der Waals surface area contributed by atoms with E-state index in [4.69, 9.17) is 11.6 Å². The molecule has 0 aliphatic heterocycles. The van der Waals surface area contributed by atoms with E-state index in [-0.39, 0.29) is 5.38 Å². The minimum Gasteiger partial charge on any atom is -0.117 e. The summed E-state index contributed by atoms with van der Waals surface area (Å²) >= 11 is 12.7. The van der Waals surface area contributed by atoms with Gasteiger partial charge in [-0.2, -0.15) is 0 Å². The SMILES string of the molecule is ClC(CBr)c1ccc(Br)cc1. The van der Waals surface area contributed by atoms with Crippen LogP contribution in [0.2, 0.25) is 0 Å². The van der Waals surface area contributed by atoms with Crippen LogP contribution < -0.4 is 0 Å². The first kappa shape index (κ1) is 9.56. The second kappa shape index (κ2) is 4.48. The Kier molecular flexibility index (Phi) is 3.90. The van der Waals surface area contributed by atoms with Gasteiger partial charge in [0.25, 0.3) is 0 Å². The molecule has 0 radical (unpaired) electrons. The standard InChI is InChI=1S/C8H7Br2Cl/c9-5-8(11)6-1-3-7(10)4-2-6/h1-4,8H,5H2. The zero-order chi connectivity index (χ0) is 8.27. The van der Waals surface area contributed by atoms with Crippen LogP contribution in [0, 0.1) is 0 Å². The van der Waals surface area contributed by atoms with Crippen molar-refractivity contribution in [2.75, 3.05) is 5.33 Å². The van der Waals surface area contributed by atoms with Gasteiger partial charge < -0.3 is 0 Å². The van der Waals surface area contributed by atoms with Gasteiger partial charge in [0.1, 0.15) is 0 Å². The maximum Gasteiger partial charge on any atom is 0.0682 e. The van der Waals surface area contributed by atoms with E-state index >= 15 is 0 Å². The Morgan fingerprint density at radius 1 is 1.27 bits per heavy atom. The number of hydrogen-bond acceptors (Lipinski definition) is 0. The van der Waals surface area contributed by atoms with Gasteiger partial charge in [-0.1, -0.05) is 44.0 Å². The zero-order valence-corrected chi connectivity index (χ0v) is 9.66. The molecule has 1 atom stereocenters. The Bertz CT molecular complexity index is 220. The molecule has 1 unspecified atom stereocenters. The lowest BCUT2D eigenvalue weighted by Crippen LogP contribution is -1.89. The van der Waals surface area contributed by atoms with E-state index in [0.29, 0.717) is 0 Å². The molecule has 0 aliphatic rings. The number of halogens is 3. The molecule has 0 saturated heterocycles. The first-order chi connectivity index (χ1) is 5.24. The predicted octanol–water partition coefficient (Wildman–Crippen LogP) is 4.12. The van der Waals surface area contributed by atoms with E-state index in [9.17, 15) is 0 Å². The van der Waals surface area contributed by atoms with Crippen LogP contribution in [0.4, 0.5) is 0 Å². The molecule has 0 aromatic heterocycles. The first-order valence-electron chi connectivity index (χ1n) is 3.19. The van der Waals surface area contributed by atoms with Gasteiger partial charge >= 0.3 is 0 Å². The smallest absolute Gasteiger partial charge is 0.0682 e. The van der Waals surface area contributed by atoms with Crippen LogP contribution in [0.25, 0.3) is 0 Å². The minimum absolute atomic E-state index is 0.0723. The van der Waals surface area contributed by atoms with Crippen molar-refractivity contribution in [2.45, 2.75) is 5.38 Å². The number of alkyl halides is 2. The third-order valence-corrected chi connectivity index (χ3v) is 3.32. The molecule has 0 spiro atoms. The van der Waals surface area contributed by atoms with Crippen LogP contribution >= 0.6 is 43.5 Å². The zero-order valence-electron chi connectivity index (χ0n) is 5.73. The molecule has 11 heavy (non-hydrogen) atoms. The number of benzene rings is 1. The second-order valence-corrected chi connectivity index (χ2v) is 4.26. The van der Waals surface area contributed by atoms with Crippen molar-refractivity contribution < 1.29 is 0 Å². The van der Waals surface area contributed by atoms with Crippen molar-refractivity contribution >= 4 is 43.5 Å². The lowest BCUT2D eigenvalue weighted by molar-refractivity contribution is 1.11. The van der Waals surface area contributed by atoms with E-state index in [2.05, 4.69) is 31.9 Å². The lowest BCUT2D eigenvalue weighted by atomic mass is 10.2. The molecule has 0 heterocycles. The van der Waals surface area contributed by atoms with E-state index in [1.165, 1.54) is 0 Å². The Hall–Kier alpha value is 0.470. The van der Waals surface area contributed by atoms with Crippen molar-refractivity contribution in [3.63, 3.8) is 0 Å². The van der Waals surface area contributed by atoms with Gasteiger partial charge in [0.15, 0.2) is 0 Å². The molecule has 0 saturated carbocycles. The molecular formula is C8H7Br2Cl. The molecule has 0 amide bonds. The fourth-order valence-electron chi connectivity index (χ4n) is 0.761. The summed E-state index contributed by atoms with van der Waals surface area (Å²) in [5.74, 6) is 0. The summed E-state index contributed by atoms with van der Waals surface area (Å²) < 4.78 is 1.08. The molecule has 0 fully saturated rings. The van der Waals surface area contributed by atoms with Gasteiger partial charge in [0.05, 0.1) is 5.38 Å². The molecule has 0 N–H and O–H groups in total. The normalized spacial score (nSPS) is 13.0. The van der Waals surface area contributed by atoms with Crippen LogP contribution in [0.5, 0.6) is 0 Å². The van der Waals surface area contributed by atoms with E-state index < -0.39 is 0 Å². The summed E-state index contributed by atoms with van der Waals surface area (Å²) in [6, 6.07) is 8.02. The van der Waals surface area contributed by atoms with Gasteiger partial charge in [0, 0.05) is 9.80 Å². The topological polar surface area (TPSA) is 0 Å². The maximum atomic E-state index is 5.98. The third kappa shape index (κ3) is 2.77. The average molecular weight is 298 g/mol. The molecular weight excluding hydrogens is 291 g/mol. The van der Waals surface area contributed by atoms with Gasteiger partial charge in [-0.3, -0.25) is 0 Å². The maximum absolute atomic E-state index is 5.98. The average Bonchev–Trinajstić information content (AvgIpc) is 2.05. The van der Waals surface area contributed by atoms with Crippen molar-refractivity contribution in [3.8, 4) is 0 Å². The summed E-state index contributed by atoms with van der Waals surface area (Å²) in [6.07, 6.45) is 0. The van der Waals surface area contributed by atoms with E-state index in [1.54, 1.807) is 0 Å². The second-order valence-electron chi connectivity index (χ2n) is 2.17. The molecule has 60 valence electrons. The molecule has 1 rings (SSSR count). The Labute approximate surface area is 88.2 Å². The largest absolute Gasteiger partial charge is 0.117 e. The Balaban J connectivity index is 2.81. The van der Waals surface area contributed by atoms with Crippen LogP contribution in [0.3, 0.4) is 0 Å². The third-order valence-electron chi connectivity index (χ3n) is 1.37. The number of hydrogen-bond donors (Lipinski definition) is 0. The fraction of sp³-hybridized carbons (Fsp3) is 0.250. The van der Waals surface area contributed by atoms with Crippen LogP contribution in [0.1, 0.15) is 10.9 Å². The van der Waals surface area contributed by atoms with E-state index in [0.717, 1.165) is 15.4 Å². The van der Waals surface area contributed by atoms with E-state index in [1.807, 2.05) is 24.3 Å². The summed E-state index contributed by atoms with van der Waals surface area (Å²) in [5.41, 5.74) is 1.15. The lowest BCUT2D eigenvalue weighted by Gasteiger charge is -2.04. The highest BCUT2D eigenvalue weighted by atomic mass is 79.9. The molecule has 0 bridgehead atoms. The highest BCUT2D eigenvalue weighted by molar-refractivity contribution is 9.10. The summed E-state index contributed by atoms with van der Waals surface area (Å²) in [5, 5.41) is 0.860. The Morgan fingerprint density at radius 3 is 2.27 bits per heavy atom. The van der Waals surface area contributed by atoms with Gasteiger partial charge in [-0.25, -0.2) is 0 Å². The predicted molar refractivity (Wildman–Crippen MR) is 56.5 cm³/mol. The van der Waals surface area contributed by atoms with Gasteiger partial charge in [0.2, 0.25) is 0 Å². The summed E-state index contributed by atoms with van der Waals surface area (Å²) in [7, 11) is 0. The monoisotopic (exact) mass is 296 g/mol. The first-order valence-corrected chi connectivity index (χ1v) is 5.54. The van der Waals surface area contributed by atoms with Gasteiger partial charge in [-0.05, 0) is 17.7 Å². The fourth-order valence-corrected chi connectivity index (χ4v) is 1.54. The molecule has 0 aliphatic carbocycles. The van der Waals surface area contributed by atoms with Gasteiger partial charge in [-0.15, -0.1) is 11.6 Å².